The molecule has 1 aliphatic rings. The third-order valence-corrected chi connectivity index (χ3v) is 5.74. The number of hydrogen-bond donors (Lipinski definition) is 1. The smallest absolute Gasteiger partial charge is 0.348 e. The number of anilines is 3. The standard InChI is InChI=1S/C23H31N7O/c1-27(2)9-4-10-30-21-15-22(24-16-18(21)17-25-23(30)31)26-19-5-7-20(8-6-19)29-13-11-28(3)12-14-29/h5-8,15-17H,4,9-14H2,1-3H3,(H,24,26). The second-order valence-electron chi connectivity index (χ2n) is 8.44. The largest absolute Gasteiger partial charge is 0.369 e. The molecule has 1 aromatic carbocycles. The molecule has 0 unspecified atom stereocenters. The molecule has 8 heteroatoms. The van der Waals surface area contributed by atoms with Gasteiger partial charge in [0.05, 0.1) is 5.52 Å². The van der Waals surface area contributed by atoms with E-state index in [-0.39, 0.29) is 5.69 Å². The van der Waals surface area contributed by atoms with Crippen LogP contribution in [0.5, 0.6) is 0 Å². The number of fused-ring (bicyclic) bond motifs is 1. The van der Waals surface area contributed by atoms with E-state index in [9.17, 15) is 4.79 Å². The second-order valence-corrected chi connectivity index (χ2v) is 8.44. The minimum atomic E-state index is -0.222. The zero-order chi connectivity index (χ0) is 21.8. The molecule has 0 amide bonds. The Hall–Kier alpha value is -2.97. The highest BCUT2D eigenvalue weighted by atomic mass is 16.1. The summed E-state index contributed by atoms with van der Waals surface area (Å²) in [4.78, 5) is 27.8. The second kappa shape index (κ2) is 9.45. The molecule has 8 nitrogen and oxygen atoms in total. The third-order valence-electron chi connectivity index (χ3n) is 5.74. The molecule has 2 aromatic heterocycles. The van der Waals surface area contributed by atoms with E-state index < -0.39 is 0 Å². The molecule has 0 aliphatic carbocycles. The number of hydrogen-bond acceptors (Lipinski definition) is 7. The highest BCUT2D eigenvalue weighted by Crippen LogP contribution is 2.23. The zero-order valence-corrected chi connectivity index (χ0v) is 18.6. The summed E-state index contributed by atoms with van der Waals surface area (Å²) in [6.45, 7) is 5.82. The highest BCUT2D eigenvalue weighted by molar-refractivity contribution is 5.80. The van der Waals surface area contributed by atoms with Crippen molar-refractivity contribution in [3.05, 3.63) is 53.2 Å². The molecule has 3 heterocycles. The van der Waals surface area contributed by atoms with Crippen molar-refractivity contribution in [2.24, 2.45) is 0 Å². The van der Waals surface area contributed by atoms with Crippen molar-refractivity contribution < 1.29 is 0 Å². The van der Waals surface area contributed by atoms with Crippen molar-refractivity contribution in [3.8, 4) is 0 Å². The number of benzene rings is 1. The topological polar surface area (TPSA) is 69.5 Å². The Morgan fingerprint density at radius 1 is 1.03 bits per heavy atom. The molecule has 0 atom stereocenters. The summed E-state index contributed by atoms with van der Waals surface area (Å²) in [7, 11) is 6.23. The van der Waals surface area contributed by atoms with Gasteiger partial charge >= 0.3 is 5.69 Å². The van der Waals surface area contributed by atoms with E-state index in [0.29, 0.717) is 12.4 Å². The first-order chi connectivity index (χ1) is 15.0. The fraction of sp³-hybridized carbons (Fsp3) is 0.435. The summed E-state index contributed by atoms with van der Waals surface area (Å²) in [5.41, 5.74) is 2.84. The Morgan fingerprint density at radius 2 is 1.74 bits per heavy atom. The highest BCUT2D eigenvalue weighted by Gasteiger charge is 2.14. The van der Waals surface area contributed by atoms with Crippen LogP contribution in [0.15, 0.2) is 47.5 Å². The maximum Gasteiger partial charge on any atom is 0.348 e. The fourth-order valence-corrected chi connectivity index (χ4v) is 3.88. The molecule has 1 fully saturated rings. The molecule has 164 valence electrons. The van der Waals surface area contributed by atoms with Gasteiger partial charge in [0.15, 0.2) is 0 Å². The Bertz CT molecular complexity index is 1070. The van der Waals surface area contributed by atoms with Crippen LogP contribution in [-0.2, 0) is 6.54 Å². The summed E-state index contributed by atoms with van der Waals surface area (Å²) < 4.78 is 1.74. The van der Waals surface area contributed by atoms with Crippen LogP contribution in [0.3, 0.4) is 0 Å². The zero-order valence-electron chi connectivity index (χ0n) is 18.6. The van der Waals surface area contributed by atoms with E-state index in [0.717, 1.165) is 55.7 Å². The summed E-state index contributed by atoms with van der Waals surface area (Å²) in [5, 5.41) is 4.23. The van der Waals surface area contributed by atoms with E-state index in [1.165, 1.54) is 5.69 Å². The van der Waals surface area contributed by atoms with Crippen LogP contribution in [0.2, 0.25) is 0 Å². The molecule has 1 aliphatic heterocycles. The van der Waals surface area contributed by atoms with Gasteiger partial charge in [-0.3, -0.25) is 4.57 Å². The van der Waals surface area contributed by atoms with E-state index in [1.54, 1.807) is 17.0 Å². The van der Waals surface area contributed by atoms with Crippen molar-refractivity contribution in [3.63, 3.8) is 0 Å². The van der Waals surface area contributed by atoms with Gasteiger partial charge < -0.3 is 20.0 Å². The lowest BCUT2D eigenvalue weighted by molar-refractivity contribution is 0.313. The molecule has 0 saturated carbocycles. The van der Waals surface area contributed by atoms with Crippen LogP contribution >= 0.6 is 0 Å². The first kappa shape index (κ1) is 21.3. The molecule has 1 N–H and O–H groups in total. The van der Waals surface area contributed by atoms with Crippen molar-refractivity contribution >= 4 is 28.1 Å². The minimum Gasteiger partial charge on any atom is -0.369 e. The quantitative estimate of drug-likeness (QED) is 0.627. The van der Waals surface area contributed by atoms with Gasteiger partial charge in [0.25, 0.3) is 0 Å². The van der Waals surface area contributed by atoms with Crippen molar-refractivity contribution in [1.29, 1.82) is 0 Å². The van der Waals surface area contributed by atoms with Crippen LogP contribution < -0.4 is 15.9 Å². The molecule has 31 heavy (non-hydrogen) atoms. The van der Waals surface area contributed by atoms with E-state index in [1.807, 2.05) is 20.2 Å². The van der Waals surface area contributed by atoms with Gasteiger partial charge in [0.2, 0.25) is 0 Å². The van der Waals surface area contributed by atoms with Gasteiger partial charge in [0, 0.05) is 67.9 Å². The predicted octanol–water partition coefficient (Wildman–Crippen LogP) is 2.24. The lowest BCUT2D eigenvalue weighted by Crippen LogP contribution is -2.44. The number of pyridine rings is 1. The van der Waals surface area contributed by atoms with Gasteiger partial charge in [-0.1, -0.05) is 0 Å². The number of nitrogens with one attached hydrogen (secondary N) is 1. The van der Waals surface area contributed by atoms with Crippen LogP contribution in [0, 0.1) is 0 Å². The SMILES string of the molecule is CN(C)CCCn1c(=O)ncc2cnc(Nc3ccc(N4CCN(C)CC4)cc3)cc21. The number of likely N-dealkylation sites (N-methyl/N-ethyl adjacent to an activating group) is 1. The molecular formula is C23H31N7O. The molecule has 0 spiro atoms. The maximum atomic E-state index is 12.4. The average Bonchev–Trinajstić information content (AvgIpc) is 2.76. The Balaban J connectivity index is 1.51. The predicted molar refractivity (Wildman–Crippen MR) is 126 cm³/mol. The fourth-order valence-electron chi connectivity index (χ4n) is 3.88. The summed E-state index contributed by atoms with van der Waals surface area (Å²) >= 11 is 0. The van der Waals surface area contributed by atoms with Crippen LogP contribution in [0.25, 0.3) is 10.9 Å². The Labute approximate surface area is 183 Å². The normalized spacial score (nSPS) is 15.0. The number of aryl methyl sites for hydroxylation is 1. The van der Waals surface area contributed by atoms with Gasteiger partial charge in [-0.25, -0.2) is 14.8 Å². The molecule has 3 aromatic rings. The van der Waals surface area contributed by atoms with E-state index >= 15 is 0 Å². The van der Waals surface area contributed by atoms with Crippen LogP contribution in [0.4, 0.5) is 17.2 Å². The molecular weight excluding hydrogens is 390 g/mol. The maximum absolute atomic E-state index is 12.4. The van der Waals surface area contributed by atoms with Gasteiger partial charge in [-0.15, -0.1) is 0 Å². The Kier molecular flexibility index (Phi) is 6.48. The first-order valence-corrected chi connectivity index (χ1v) is 10.8. The average molecular weight is 422 g/mol. The molecule has 0 bridgehead atoms. The lowest BCUT2D eigenvalue weighted by Gasteiger charge is -2.34. The molecule has 0 radical (unpaired) electrons. The summed E-state index contributed by atoms with van der Waals surface area (Å²) in [6.07, 6.45) is 4.25. The van der Waals surface area contributed by atoms with Gasteiger partial charge in [-0.05, 0) is 58.4 Å². The number of aromatic nitrogens is 3. The summed E-state index contributed by atoms with van der Waals surface area (Å²) in [6, 6.07) is 10.4. The van der Waals surface area contributed by atoms with E-state index in [2.05, 4.69) is 61.3 Å². The van der Waals surface area contributed by atoms with Crippen molar-refractivity contribution in [1.82, 2.24) is 24.3 Å². The van der Waals surface area contributed by atoms with Gasteiger partial charge in [0.1, 0.15) is 5.82 Å². The molecule has 1 saturated heterocycles. The van der Waals surface area contributed by atoms with Crippen LogP contribution in [-0.4, -0.2) is 78.2 Å². The van der Waals surface area contributed by atoms with Crippen molar-refractivity contribution in [2.75, 3.05) is 64.1 Å². The number of rotatable bonds is 7. The van der Waals surface area contributed by atoms with E-state index in [4.69, 9.17) is 0 Å². The lowest BCUT2D eigenvalue weighted by atomic mass is 10.2. The first-order valence-electron chi connectivity index (χ1n) is 10.8. The summed E-state index contributed by atoms with van der Waals surface area (Å²) in [5.74, 6) is 0.715. The van der Waals surface area contributed by atoms with Crippen molar-refractivity contribution in [2.45, 2.75) is 13.0 Å². The Morgan fingerprint density at radius 3 is 2.45 bits per heavy atom. The van der Waals surface area contributed by atoms with Gasteiger partial charge in [-0.2, -0.15) is 0 Å². The number of piperazine rings is 1. The third kappa shape index (κ3) is 5.21. The molecule has 4 rings (SSSR count). The number of nitrogens with zero attached hydrogens (tertiary/aromatic N) is 6. The minimum absolute atomic E-state index is 0.222. The monoisotopic (exact) mass is 421 g/mol. The van der Waals surface area contributed by atoms with Crippen LogP contribution in [0.1, 0.15) is 6.42 Å².